The van der Waals surface area contributed by atoms with E-state index in [1.807, 2.05) is 30.3 Å². The summed E-state index contributed by atoms with van der Waals surface area (Å²) in [5.41, 5.74) is 2.69. The van der Waals surface area contributed by atoms with Gasteiger partial charge in [-0.15, -0.1) is 0 Å². The first-order chi connectivity index (χ1) is 13.8. The standard InChI is InChI=1S/C22H18BNO5/c1-13(25)29-20-10-8-16(23)12-18(20)21(26)24-19-11-15(7-9-17(19)22(27)28)14-5-3-2-4-6-14/h2-12H,23H2,1H3,(H,24,26)(H,27,28). The molecule has 0 saturated carbocycles. The first kappa shape index (κ1) is 19.9. The van der Waals surface area contributed by atoms with E-state index in [1.54, 1.807) is 32.1 Å². The van der Waals surface area contributed by atoms with Crippen LogP contribution in [0.3, 0.4) is 0 Å². The van der Waals surface area contributed by atoms with Crippen LogP contribution in [0.15, 0.2) is 66.7 Å². The molecule has 0 bridgehead atoms. The molecular formula is C22H18BNO5. The molecule has 3 aromatic rings. The number of nitrogens with one attached hydrogen (secondary N) is 1. The van der Waals surface area contributed by atoms with E-state index in [0.717, 1.165) is 16.6 Å². The summed E-state index contributed by atoms with van der Waals surface area (Å²) in [5, 5.41) is 12.2. The van der Waals surface area contributed by atoms with Gasteiger partial charge >= 0.3 is 11.9 Å². The molecule has 0 aliphatic rings. The van der Waals surface area contributed by atoms with E-state index in [0.29, 0.717) is 0 Å². The molecule has 0 aliphatic heterocycles. The number of hydrogen-bond acceptors (Lipinski definition) is 4. The maximum Gasteiger partial charge on any atom is 0.337 e. The van der Waals surface area contributed by atoms with Crippen molar-refractivity contribution in [2.45, 2.75) is 6.92 Å². The van der Waals surface area contributed by atoms with Crippen LogP contribution in [-0.2, 0) is 4.79 Å². The predicted molar refractivity (Wildman–Crippen MR) is 113 cm³/mol. The molecule has 0 fully saturated rings. The molecule has 2 N–H and O–H groups in total. The summed E-state index contributed by atoms with van der Waals surface area (Å²) in [5.74, 6) is -2.18. The SMILES string of the molecule is Bc1ccc(OC(C)=O)c(C(=O)Nc2cc(-c3ccccc3)ccc2C(=O)O)c1. The van der Waals surface area contributed by atoms with Crippen LogP contribution in [0.2, 0.25) is 0 Å². The fourth-order valence-corrected chi connectivity index (χ4v) is 2.90. The van der Waals surface area contributed by atoms with Gasteiger partial charge < -0.3 is 15.2 Å². The second-order valence-electron chi connectivity index (χ2n) is 6.48. The largest absolute Gasteiger partial charge is 0.478 e. The fourth-order valence-electron chi connectivity index (χ4n) is 2.90. The molecule has 0 radical (unpaired) electrons. The van der Waals surface area contributed by atoms with Gasteiger partial charge in [-0.1, -0.05) is 54.0 Å². The Labute approximate surface area is 168 Å². The number of esters is 1. The monoisotopic (exact) mass is 387 g/mol. The summed E-state index contributed by atoms with van der Waals surface area (Å²) in [6, 6.07) is 19.0. The number of amides is 1. The van der Waals surface area contributed by atoms with Gasteiger partial charge in [0.05, 0.1) is 16.8 Å². The number of carbonyl (C=O) groups excluding carboxylic acids is 2. The molecule has 6 nitrogen and oxygen atoms in total. The van der Waals surface area contributed by atoms with E-state index in [2.05, 4.69) is 5.32 Å². The quantitative estimate of drug-likeness (QED) is 0.399. The zero-order valence-electron chi connectivity index (χ0n) is 15.9. The Morgan fingerprint density at radius 2 is 1.62 bits per heavy atom. The van der Waals surface area contributed by atoms with Crippen molar-refractivity contribution in [1.82, 2.24) is 0 Å². The predicted octanol–water partition coefficient (Wildman–Crippen LogP) is 2.49. The molecule has 0 aromatic heterocycles. The molecule has 0 aliphatic carbocycles. The van der Waals surface area contributed by atoms with Gasteiger partial charge in [-0.25, -0.2) is 4.79 Å². The molecule has 0 saturated heterocycles. The van der Waals surface area contributed by atoms with E-state index >= 15 is 0 Å². The number of hydrogen-bond donors (Lipinski definition) is 2. The Morgan fingerprint density at radius 3 is 2.28 bits per heavy atom. The van der Waals surface area contributed by atoms with E-state index in [9.17, 15) is 19.5 Å². The summed E-state index contributed by atoms with van der Waals surface area (Å²) in [7, 11) is 1.80. The summed E-state index contributed by atoms with van der Waals surface area (Å²) >= 11 is 0. The topological polar surface area (TPSA) is 92.7 Å². The smallest absolute Gasteiger partial charge is 0.337 e. The minimum absolute atomic E-state index is 0.0419. The molecule has 0 atom stereocenters. The van der Waals surface area contributed by atoms with Gasteiger partial charge in [0.25, 0.3) is 5.91 Å². The van der Waals surface area contributed by atoms with Crippen LogP contribution in [0, 0.1) is 0 Å². The lowest BCUT2D eigenvalue weighted by Gasteiger charge is -2.13. The van der Waals surface area contributed by atoms with E-state index in [1.165, 1.54) is 19.1 Å². The summed E-state index contributed by atoms with van der Waals surface area (Å²) < 4.78 is 5.11. The third-order valence-electron chi connectivity index (χ3n) is 4.24. The van der Waals surface area contributed by atoms with Crippen LogP contribution >= 0.6 is 0 Å². The van der Waals surface area contributed by atoms with Crippen LogP contribution in [-0.4, -0.2) is 30.8 Å². The number of carboxylic acid groups (broad SMARTS) is 1. The minimum atomic E-state index is -1.16. The Hall–Kier alpha value is -3.87. The van der Waals surface area contributed by atoms with Crippen molar-refractivity contribution >= 4 is 36.8 Å². The van der Waals surface area contributed by atoms with E-state index < -0.39 is 17.8 Å². The van der Waals surface area contributed by atoms with Gasteiger partial charge in [-0.2, -0.15) is 0 Å². The number of carbonyl (C=O) groups is 3. The second-order valence-corrected chi connectivity index (χ2v) is 6.48. The van der Waals surface area contributed by atoms with Gasteiger partial charge in [0.15, 0.2) is 0 Å². The zero-order chi connectivity index (χ0) is 21.0. The second kappa shape index (κ2) is 8.43. The van der Waals surface area contributed by atoms with Gasteiger partial charge in [0.1, 0.15) is 13.6 Å². The highest BCUT2D eigenvalue weighted by Gasteiger charge is 2.18. The lowest BCUT2D eigenvalue weighted by molar-refractivity contribution is -0.131. The van der Waals surface area contributed by atoms with Crippen LogP contribution in [0.1, 0.15) is 27.6 Å². The molecule has 7 heteroatoms. The van der Waals surface area contributed by atoms with Crippen LogP contribution in [0.5, 0.6) is 5.75 Å². The van der Waals surface area contributed by atoms with Crippen LogP contribution < -0.4 is 15.5 Å². The van der Waals surface area contributed by atoms with Crippen LogP contribution in [0.4, 0.5) is 5.69 Å². The first-order valence-electron chi connectivity index (χ1n) is 8.88. The fraction of sp³-hybridized carbons (Fsp3) is 0.0455. The number of ether oxygens (including phenoxy) is 1. The van der Waals surface area contributed by atoms with Crippen molar-refractivity contribution in [3.8, 4) is 16.9 Å². The van der Waals surface area contributed by atoms with Gasteiger partial charge in [-0.05, 0) is 29.3 Å². The van der Waals surface area contributed by atoms with Crippen molar-refractivity contribution in [3.63, 3.8) is 0 Å². The molecule has 0 unspecified atom stereocenters. The zero-order valence-corrected chi connectivity index (χ0v) is 15.9. The number of benzene rings is 3. The third kappa shape index (κ3) is 4.70. The minimum Gasteiger partial charge on any atom is -0.478 e. The normalized spacial score (nSPS) is 10.2. The molecule has 1 amide bonds. The van der Waals surface area contributed by atoms with Crippen molar-refractivity contribution in [2.24, 2.45) is 0 Å². The van der Waals surface area contributed by atoms with Gasteiger partial charge in [0, 0.05) is 6.92 Å². The highest BCUT2D eigenvalue weighted by molar-refractivity contribution is 6.33. The molecule has 29 heavy (non-hydrogen) atoms. The van der Waals surface area contributed by atoms with Crippen molar-refractivity contribution in [2.75, 3.05) is 5.32 Å². The van der Waals surface area contributed by atoms with Gasteiger partial charge in [-0.3, -0.25) is 9.59 Å². The van der Waals surface area contributed by atoms with E-state index in [4.69, 9.17) is 4.74 Å². The molecule has 0 spiro atoms. The average Bonchev–Trinajstić information content (AvgIpc) is 2.69. The summed E-state index contributed by atoms with van der Waals surface area (Å²) in [4.78, 5) is 35.9. The van der Waals surface area contributed by atoms with Gasteiger partial charge in [0.2, 0.25) is 0 Å². The molecular weight excluding hydrogens is 369 g/mol. The Kier molecular flexibility index (Phi) is 5.78. The Balaban J connectivity index is 2.01. The third-order valence-corrected chi connectivity index (χ3v) is 4.24. The molecule has 3 aromatic carbocycles. The Bertz CT molecular complexity index is 1100. The maximum atomic E-state index is 12.9. The number of anilines is 1. The van der Waals surface area contributed by atoms with E-state index in [-0.39, 0.29) is 22.6 Å². The Morgan fingerprint density at radius 1 is 0.897 bits per heavy atom. The highest BCUT2D eigenvalue weighted by Crippen LogP contribution is 2.27. The molecule has 144 valence electrons. The first-order valence-corrected chi connectivity index (χ1v) is 8.88. The average molecular weight is 387 g/mol. The van der Waals surface area contributed by atoms with Crippen molar-refractivity contribution in [3.05, 3.63) is 77.9 Å². The lowest BCUT2D eigenvalue weighted by Crippen LogP contribution is -2.19. The number of carboxylic acids is 1. The highest BCUT2D eigenvalue weighted by atomic mass is 16.5. The summed E-state index contributed by atoms with van der Waals surface area (Å²) in [6.07, 6.45) is 0. The number of aromatic carboxylic acids is 1. The lowest BCUT2D eigenvalue weighted by atomic mass is 9.93. The van der Waals surface area contributed by atoms with Crippen molar-refractivity contribution < 1.29 is 24.2 Å². The maximum absolute atomic E-state index is 12.9. The number of rotatable bonds is 5. The molecule has 3 rings (SSSR count). The van der Waals surface area contributed by atoms with Crippen molar-refractivity contribution in [1.29, 1.82) is 0 Å². The molecule has 0 heterocycles. The van der Waals surface area contributed by atoms with Crippen LogP contribution in [0.25, 0.3) is 11.1 Å². The summed E-state index contributed by atoms with van der Waals surface area (Å²) in [6.45, 7) is 1.24.